The largest absolute Gasteiger partial charge is 0.434 e. The second-order valence-corrected chi connectivity index (χ2v) is 1.93. The van der Waals surface area contributed by atoms with E-state index >= 15 is 0 Å². The molecule has 0 saturated carbocycles. The SMILES string of the molecule is Cc1[nH][n+](=O)c(C)n[n+]1O. The van der Waals surface area contributed by atoms with Gasteiger partial charge in [-0.05, 0) is 4.91 Å². The molecule has 1 aromatic heterocycles. The fourth-order valence-corrected chi connectivity index (χ4v) is 0.525. The smallest absolute Gasteiger partial charge is 0.313 e. The van der Waals surface area contributed by atoms with Crippen LogP contribution in [0.25, 0.3) is 0 Å². The predicted octanol–water partition coefficient (Wildman–Crippen LogP) is -1.53. The van der Waals surface area contributed by atoms with Crippen molar-refractivity contribution < 1.29 is 14.6 Å². The van der Waals surface area contributed by atoms with E-state index in [1.54, 1.807) is 0 Å². The Morgan fingerprint density at radius 3 is 2.70 bits per heavy atom. The van der Waals surface area contributed by atoms with Crippen LogP contribution in [0.3, 0.4) is 0 Å². The lowest BCUT2D eigenvalue weighted by atomic mass is 10.7. The minimum atomic E-state index is 0.160. The van der Waals surface area contributed by atoms with E-state index in [0.29, 0.717) is 9.39 Å². The van der Waals surface area contributed by atoms with Crippen LogP contribution in [0.5, 0.6) is 0 Å². The number of hydrogen-bond donors (Lipinski definition) is 2. The zero-order chi connectivity index (χ0) is 7.72. The molecule has 0 fully saturated rings. The fourth-order valence-electron chi connectivity index (χ4n) is 0.525. The van der Waals surface area contributed by atoms with Gasteiger partial charge >= 0.3 is 11.6 Å². The lowest BCUT2D eigenvalue weighted by Gasteiger charge is -1.79. The molecular weight excluding hydrogens is 136 g/mol. The van der Waals surface area contributed by atoms with Crippen LogP contribution >= 0.6 is 0 Å². The normalized spacial score (nSPS) is 9.80. The van der Waals surface area contributed by atoms with Crippen LogP contribution in [0.4, 0.5) is 0 Å². The first-order valence-corrected chi connectivity index (χ1v) is 2.73. The zero-order valence-corrected chi connectivity index (χ0v) is 5.70. The van der Waals surface area contributed by atoms with Crippen molar-refractivity contribution in [1.82, 2.24) is 10.2 Å². The van der Waals surface area contributed by atoms with Crippen LogP contribution in [-0.2, 0) is 0 Å². The number of H-pyrrole nitrogens is 1. The van der Waals surface area contributed by atoms with E-state index in [0.717, 1.165) is 0 Å². The molecule has 6 nitrogen and oxygen atoms in total. The van der Waals surface area contributed by atoms with Crippen LogP contribution in [0.15, 0.2) is 0 Å². The maximum Gasteiger partial charge on any atom is 0.434 e. The molecule has 1 aromatic rings. The van der Waals surface area contributed by atoms with E-state index in [2.05, 4.69) is 10.2 Å². The monoisotopic (exact) mass is 144 g/mol. The Morgan fingerprint density at radius 1 is 1.60 bits per heavy atom. The summed E-state index contributed by atoms with van der Waals surface area (Å²) >= 11 is 0. The highest BCUT2D eigenvalue weighted by molar-refractivity contribution is 4.57. The molecule has 10 heavy (non-hydrogen) atoms. The van der Waals surface area contributed by atoms with E-state index < -0.39 is 0 Å². The number of aryl methyl sites for hydroxylation is 2. The summed E-state index contributed by atoms with van der Waals surface area (Å²) < 4.78 is 0.474. The van der Waals surface area contributed by atoms with E-state index in [4.69, 9.17) is 5.21 Å². The summed E-state index contributed by atoms with van der Waals surface area (Å²) in [6.07, 6.45) is 0. The lowest BCUT2D eigenvalue weighted by molar-refractivity contribution is -0.964. The lowest BCUT2D eigenvalue weighted by Crippen LogP contribution is -2.46. The maximum absolute atomic E-state index is 10.7. The van der Waals surface area contributed by atoms with Crippen molar-refractivity contribution >= 4 is 0 Å². The van der Waals surface area contributed by atoms with Gasteiger partial charge in [-0.1, -0.05) is 5.10 Å². The predicted molar refractivity (Wildman–Crippen MR) is 28.8 cm³/mol. The summed E-state index contributed by atoms with van der Waals surface area (Å²) in [6.45, 7) is 3.01. The van der Waals surface area contributed by atoms with Gasteiger partial charge < -0.3 is 5.21 Å². The zero-order valence-electron chi connectivity index (χ0n) is 5.70. The standard InChI is InChI=1S/C4H7N4O2/c1-3-5-8(10)4(2)6-7(3)9/h9H,1-2H3/q+1/p+1. The van der Waals surface area contributed by atoms with Gasteiger partial charge in [0.1, 0.15) is 0 Å². The molecule has 1 rings (SSSR count). The number of nitrogens with zero attached hydrogens (tertiary/aromatic N) is 3. The Morgan fingerprint density at radius 2 is 2.20 bits per heavy atom. The summed E-state index contributed by atoms with van der Waals surface area (Å²) in [6, 6.07) is 0. The van der Waals surface area contributed by atoms with Crippen molar-refractivity contribution in [2.75, 3.05) is 0 Å². The summed E-state index contributed by atoms with van der Waals surface area (Å²) in [5.74, 6) is 0.439. The molecule has 0 aliphatic rings. The minimum absolute atomic E-state index is 0.160. The van der Waals surface area contributed by atoms with Gasteiger partial charge in [0.25, 0.3) is 0 Å². The van der Waals surface area contributed by atoms with Crippen molar-refractivity contribution in [3.63, 3.8) is 0 Å². The van der Waals surface area contributed by atoms with Gasteiger partial charge in [0.15, 0.2) is 14.5 Å². The van der Waals surface area contributed by atoms with Crippen molar-refractivity contribution in [3.8, 4) is 0 Å². The molecule has 0 saturated heterocycles. The number of aromatic nitrogens is 4. The van der Waals surface area contributed by atoms with Crippen LogP contribution in [0, 0.1) is 18.8 Å². The summed E-state index contributed by atoms with van der Waals surface area (Å²) in [4.78, 5) is 11.3. The number of aromatic amines is 1. The molecule has 54 valence electrons. The van der Waals surface area contributed by atoms with Gasteiger partial charge in [0, 0.05) is 6.92 Å². The summed E-state index contributed by atoms with van der Waals surface area (Å²) in [7, 11) is 0. The van der Waals surface area contributed by atoms with Crippen molar-refractivity contribution in [2.24, 2.45) is 0 Å². The number of hydrogen-bond acceptors (Lipinski definition) is 3. The fraction of sp³-hybridized carbons (Fsp3) is 0.500. The Bertz CT molecular complexity index is 305. The molecule has 0 bridgehead atoms. The van der Waals surface area contributed by atoms with Crippen molar-refractivity contribution in [2.45, 2.75) is 13.8 Å². The first kappa shape index (κ1) is 6.66. The topological polar surface area (TPSA) is 75.8 Å². The third-order valence-electron chi connectivity index (χ3n) is 1.10. The molecule has 0 spiro atoms. The molecule has 0 unspecified atom stereocenters. The van der Waals surface area contributed by atoms with Gasteiger partial charge in [0.05, 0.1) is 6.92 Å². The number of rotatable bonds is 0. The third kappa shape index (κ3) is 0.949. The first-order chi connectivity index (χ1) is 4.61. The summed E-state index contributed by atoms with van der Waals surface area (Å²) in [5.41, 5.74) is 0. The molecule has 1 heterocycles. The first-order valence-electron chi connectivity index (χ1n) is 2.73. The summed E-state index contributed by atoms with van der Waals surface area (Å²) in [5, 5.41) is 14.6. The third-order valence-corrected chi connectivity index (χ3v) is 1.10. The highest BCUT2D eigenvalue weighted by atomic mass is 16.5. The average molecular weight is 144 g/mol. The second-order valence-electron chi connectivity index (χ2n) is 1.93. The Kier molecular flexibility index (Phi) is 1.37. The second kappa shape index (κ2) is 2.05. The Balaban J connectivity index is 3.43. The van der Waals surface area contributed by atoms with Gasteiger partial charge in [0.2, 0.25) is 0 Å². The molecule has 6 heteroatoms. The molecule has 0 radical (unpaired) electrons. The molecular formula is C4H8N4O2+2. The highest BCUT2D eigenvalue weighted by Crippen LogP contribution is 1.71. The van der Waals surface area contributed by atoms with E-state index in [1.165, 1.54) is 13.8 Å². The molecule has 0 aliphatic heterocycles. The van der Waals surface area contributed by atoms with E-state index in [1.807, 2.05) is 0 Å². The molecule has 0 aliphatic carbocycles. The molecule has 2 N–H and O–H groups in total. The van der Waals surface area contributed by atoms with Crippen LogP contribution in [0.2, 0.25) is 0 Å². The van der Waals surface area contributed by atoms with Crippen molar-refractivity contribution in [3.05, 3.63) is 16.6 Å². The maximum atomic E-state index is 10.7. The van der Waals surface area contributed by atoms with Gasteiger partial charge in [-0.15, -0.1) is 0 Å². The van der Waals surface area contributed by atoms with Gasteiger partial charge in [-0.25, -0.2) is 0 Å². The van der Waals surface area contributed by atoms with Crippen LogP contribution in [-0.4, -0.2) is 15.4 Å². The molecule has 0 amide bonds. The van der Waals surface area contributed by atoms with Gasteiger partial charge in [-0.3, -0.25) is 0 Å². The average Bonchev–Trinajstić information content (AvgIpc) is 1.84. The van der Waals surface area contributed by atoms with Crippen LogP contribution in [0.1, 0.15) is 11.6 Å². The van der Waals surface area contributed by atoms with Gasteiger partial charge in [-0.2, -0.15) is 0 Å². The quantitative estimate of drug-likeness (QED) is 0.342. The van der Waals surface area contributed by atoms with Crippen molar-refractivity contribution in [1.29, 1.82) is 0 Å². The van der Waals surface area contributed by atoms with E-state index in [9.17, 15) is 4.91 Å². The molecule has 0 atom stereocenters. The minimum Gasteiger partial charge on any atom is -0.313 e. The van der Waals surface area contributed by atoms with Crippen LogP contribution < -0.4 is 9.39 Å². The Hall–Kier alpha value is -1.46. The highest BCUT2D eigenvalue weighted by Gasteiger charge is 2.16. The number of nitrogens with one attached hydrogen (secondary N) is 1. The Labute approximate surface area is 56.3 Å². The van der Waals surface area contributed by atoms with E-state index in [-0.39, 0.29) is 11.6 Å². The molecule has 0 aromatic carbocycles.